The summed E-state index contributed by atoms with van der Waals surface area (Å²) < 4.78 is 11.1. The van der Waals surface area contributed by atoms with Gasteiger partial charge in [0.2, 0.25) is 0 Å². The number of ether oxygens (including phenoxy) is 2. The minimum atomic E-state index is -0.157. The van der Waals surface area contributed by atoms with Gasteiger partial charge in [-0.25, -0.2) is 0 Å². The van der Waals surface area contributed by atoms with Crippen molar-refractivity contribution in [1.29, 1.82) is 0 Å². The molecule has 2 aromatic rings. The van der Waals surface area contributed by atoms with Gasteiger partial charge < -0.3 is 14.8 Å². The van der Waals surface area contributed by atoms with E-state index in [-0.39, 0.29) is 12.5 Å². The number of benzene rings is 2. The van der Waals surface area contributed by atoms with Gasteiger partial charge in [-0.3, -0.25) is 4.79 Å². The van der Waals surface area contributed by atoms with Crippen LogP contribution in [-0.2, 0) is 4.79 Å². The fraction of sp³-hybridized carbons (Fsp3) is 0.350. The molecular formula is C20H25NO3. The van der Waals surface area contributed by atoms with E-state index in [9.17, 15) is 4.79 Å². The van der Waals surface area contributed by atoms with E-state index in [4.69, 9.17) is 9.47 Å². The van der Waals surface area contributed by atoms with Crippen LogP contribution in [0.5, 0.6) is 11.5 Å². The number of amides is 1. The van der Waals surface area contributed by atoms with Crippen molar-refractivity contribution in [1.82, 2.24) is 5.32 Å². The number of hydrogen-bond acceptors (Lipinski definition) is 3. The van der Waals surface area contributed by atoms with Crippen molar-refractivity contribution in [2.45, 2.75) is 26.7 Å². The molecule has 0 fully saturated rings. The Morgan fingerprint density at radius 3 is 2.46 bits per heavy atom. The van der Waals surface area contributed by atoms with Gasteiger partial charge in [-0.05, 0) is 48.2 Å². The standard InChI is InChI=1S/C20H25NO3/c1-15(2)17-7-9-18(10-8-17)24-14-20(22)21-11-12-23-19-6-4-5-16(3)13-19/h4-10,13,15H,11-12,14H2,1-3H3,(H,21,22). The summed E-state index contributed by atoms with van der Waals surface area (Å²) in [6.07, 6.45) is 0. The average molecular weight is 327 g/mol. The van der Waals surface area contributed by atoms with Crippen LogP contribution in [0.25, 0.3) is 0 Å². The van der Waals surface area contributed by atoms with Crippen LogP contribution in [-0.4, -0.2) is 25.7 Å². The molecule has 0 aliphatic carbocycles. The van der Waals surface area contributed by atoms with Gasteiger partial charge in [-0.15, -0.1) is 0 Å². The van der Waals surface area contributed by atoms with E-state index in [0.717, 1.165) is 11.3 Å². The SMILES string of the molecule is Cc1cccc(OCCNC(=O)COc2ccc(C(C)C)cc2)c1. The van der Waals surface area contributed by atoms with E-state index in [1.54, 1.807) is 0 Å². The monoisotopic (exact) mass is 327 g/mol. The third-order valence-electron chi connectivity index (χ3n) is 3.60. The number of nitrogens with one attached hydrogen (secondary N) is 1. The van der Waals surface area contributed by atoms with Crippen molar-refractivity contribution in [3.63, 3.8) is 0 Å². The molecule has 0 aliphatic rings. The van der Waals surface area contributed by atoms with Crippen molar-refractivity contribution < 1.29 is 14.3 Å². The fourth-order valence-electron chi connectivity index (χ4n) is 2.21. The Morgan fingerprint density at radius 2 is 1.79 bits per heavy atom. The normalized spacial score (nSPS) is 10.5. The highest BCUT2D eigenvalue weighted by Gasteiger charge is 2.04. The molecule has 0 aromatic heterocycles. The third kappa shape index (κ3) is 5.95. The molecule has 128 valence electrons. The topological polar surface area (TPSA) is 47.6 Å². The molecule has 0 unspecified atom stereocenters. The van der Waals surface area contributed by atoms with Gasteiger partial charge in [0, 0.05) is 0 Å². The summed E-state index contributed by atoms with van der Waals surface area (Å²) in [6, 6.07) is 15.7. The molecule has 24 heavy (non-hydrogen) atoms. The molecule has 0 heterocycles. The molecule has 0 saturated carbocycles. The van der Waals surface area contributed by atoms with Crippen molar-refractivity contribution in [3.8, 4) is 11.5 Å². The van der Waals surface area contributed by atoms with Crippen LogP contribution in [0.15, 0.2) is 48.5 Å². The van der Waals surface area contributed by atoms with E-state index in [1.165, 1.54) is 5.56 Å². The number of carbonyl (C=O) groups is 1. The lowest BCUT2D eigenvalue weighted by Crippen LogP contribution is -2.32. The van der Waals surface area contributed by atoms with Gasteiger partial charge in [0.05, 0.1) is 6.54 Å². The predicted molar refractivity (Wildman–Crippen MR) is 95.7 cm³/mol. The second-order valence-corrected chi connectivity index (χ2v) is 6.03. The van der Waals surface area contributed by atoms with Crippen molar-refractivity contribution in [2.75, 3.05) is 19.8 Å². The summed E-state index contributed by atoms with van der Waals surface area (Å²) >= 11 is 0. The Bertz CT molecular complexity index is 650. The summed E-state index contributed by atoms with van der Waals surface area (Å²) in [5.74, 6) is 1.84. The smallest absolute Gasteiger partial charge is 0.258 e. The zero-order chi connectivity index (χ0) is 17.4. The Kier molecular flexibility index (Phi) is 6.67. The van der Waals surface area contributed by atoms with Crippen LogP contribution >= 0.6 is 0 Å². The Hall–Kier alpha value is -2.49. The van der Waals surface area contributed by atoms with E-state index >= 15 is 0 Å². The molecule has 0 saturated heterocycles. The van der Waals surface area contributed by atoms with Crippen LogP contribution in [0, 0.1) is 6.92 Å². The largest absolute Gasteiger partial charge is 0.492 e. The van der Waals surface area contributed by atoms with E-state index in [2.05, 4.69) is 19.2 Å². The summed E-state index contributed by atoms with van der Waals surface area (Å²) in [6.45, 7) is 7.18. The van der Waals surface area contributed by atoms with Crippen LogP contribution in [0.1, 0.15) is 30.9 Å². The lowest BCUT2D eigenvalue weighted by Gasteiger charge is -2.10. The molecule has 4 heteroatoms. The zero-order valence-corrected chi connectivity index (χ0v) is 14.5. The average Bonchev–Trinajstić information content (AvgIpc) is 2.57. The first-order chi connectivity index (χ1) is 11.5. The summed E-state index contributed by atoms with van der Waals surface area (Å²) in [5, 5.41) is 2.78. The predicted octanol–water partition coefficient (Wildman–Crippen LogP) is 3.69. The lowest BCUT2D eigenvalue weighted by molar-refractivity contribution is -0.123. The van der Waals surface area contributed by atoms with E-state index in [1.807, 2.05) is 55.5 Å². The van der Waals surface area contributed by atoms with Gasteiger partial charge >= 0.3 is 0 Å². The molecule has 0 spiro atoms. The first-order valence-corrected chi connectivity index (χ1v) is 8.23. The lowest BCUT2D eigenvalue weighted by atomic mass is 10.0. The highest BCUT2D eigenvalue weighted by molar-refractivity contribution is 5.77. The van der Waals surface area contributed by atoms with Gasteiger partial charge in [0.25, 0.3) is 5.91 Å². The number of hydrogen-bond donors (Lipinski definition) is 1. The molecular weight excluding hydrogens is 302 g/mol. The number of carbonyl (C=O) groups excluding carboxylic acids is 1. The second kappa shape index (κ2) is 8.96. The van der Waals surface area contributed by atoms with E-state index < -0.39 is 0 Å². The van der Waals surface area contributed by atoms with Gasteiger partial charge in [-0.1, -0.05) is 38.1 Å². The summed E-state index contributed by atoms with van der Waals surface area (Å²) in [5.41, 5.74) is 2.40. The van der Waals surface area contributed by atoms with Crippen LogP contribution in [0.4, 0.5) is 0 Å². The molecule has 0 bridgehead atoms. The van der Waals surface area contributed by atoms with Crippen molar-refractivity contribution >= 4 is 5.91 Å². The van der Waals surface area contributed by atoms with Crippen molar-refractivity contribution in [2.24, 2.45) is 0 Å². The Balaban J connectivity index is 1.64. The number of aryl methyl sites for hydroxylation is 1. The first-order valence-electron chi connectivity index (χ1n) is 8.23. The minimum Gasteiger partial charge on any atom is -0.492 e. The third-order valence-corrected chi connectivity index (χ3v) is 3.60. The molecule has 2 aromatic carbocycles. The summed E-state index contributed by atoms with van der Waals surface area (Å²) in [7, 11) is 0. The highest BCUT2D eigenvalue weighted by atomic mass is 16.5. The molecule has 0 aliphatic heterocycles. The molecule has 1 amide bonds. The molecule has 0 radical (unpaired) electrons. The maximum absolute atomic E-state index is 11.8. The first kappa shape index (κ1) is 17.9. The fourth-order valence-corrected chi connectivity index (χ4v) is 2.21. The molecule has 4 nitrogen and oxygen atoms in total. The molecule has 0 atom stereocenters. The maximum Gasteiger partial charge on any atom is 0.258 e. The molecule has 2 rings (SSSR count). The Labute approximate surface area is 143 Å². The van der Waals surface area contributed by atoms with Crippen LogP contribution < -0.4 is 14.8 Å². The van der Waals surface area contributed by atoms with Gasteiger partial charge in [-0.2, -0.15) is 0 Å². The highest BCUT2D eigenvalue weighted by Crippen LogP contribution is 2.18. The quantitative estimate of drug-likeness (QED) is 0.752. The molecule has 1 N–H and O–H groups in total. The summed E-state index contributed by atoms with van der Waals surface area (Å²) in [4.78, 5) is 11.8. The van der Waals surface area contributed by atoms with Crippen LogP contribution in [0.2, 0.25) is 0 Å². The van der Waals surface area contributed by atoms with E-state index in [0.29, 0.717) is 24.8 Å². The van der Waals surface area contributed by atoms with Gasteiger partial charge in [0.1, 0.15) is 18.1 Å². The Morgan fingerprint density at radius 1 is 1.04 bits per heavy atom. The minimum absolute atomic E-state index is 0.00543. The van der Waals surface area contributed by atoms with Gasteiger partial charge in [0.15, 0.2) is 6.61 Å². The number of rotatable bonds is 8. The maximum atomic E-state index is 11.8. The zero-order valence-electron chi connectivity index (χ0n) is 14.5. The second-order valence-electron chi connectivity index (χ2n) is 6.03. The van der Waals surface area contributed by atoms with Crippen molar-refractivity contribution in [3.05, 3.63) is 59.7 Å². The van der Waals surface area contributed by atoms with Crippen LogP contribution in [0.3, 0.4) is 0 Å².